The van der Waals surface area contributed by atoms with Crippen LogP contribution in [0, 0.1) is 5.82 Å². The first-order chi connectivity index (χ1) is 12.1. The first-order valence-corrected chi connectivity index (χ1v) is 7.91. The van der Waals surface area contributed by atoms with Gasteiger partial charge in [0.2, 0.25) is 0 Å². The number of nitrogens with zero attached hydrogens (tertiary/aromatic N) is 1. The van der Waals surface area contributed by atoms with Crippen LogP contribution in [-0.2, 0) is 4.79 Å². The minimum atomic E-state index is -0.735. The van der Waals surface area contributed by atoms with Crippen molar-refractivity contribution in [1.82, 2.24) is 9.72 Å². The molecular weight excluding hydrogens is 323 g/mol. The van der Waals surface area contributed by atoms with Crippen molar-refractivity contribution in [2.75, 3.05) is 13.2 Å². The van der Waals surface area contributed by atoms with E-state index in [-0.39, 0.29) is 24.7 Å². The van der Waals surface area contributed by atoms with E-state index >= 15 is 0 Å². The largest absolute Gasteiger partial charge is 0.396 e. The molecule has 25 heavy (non-hydrogen) atoms. The first kappa shape index (κ1) is 16.9. The second kappa shape index (κ2) is 7.27. The van der Waals surface area contributed by atoms with Gasteiger partial charge in [0.15, 0.2) is 0 Å². The Morgan fingerprint density at radius 2 is 1.88 bits per heavy atom. The number of rotatable bonds is 6. The summed E-state index contributed by atoms with van der Waals surface area (Å²) in [5.41, 5.74) is 2.20. The predicted molar refractivity (Wildman–Crippen MR) is 91.8 cm³/mol. The number of amides is 1. The fourth-order valence-electron chi connectivity index (χ4n) is 2.67. The van der Waals surface area contributed by atoms with Gasteiger partial charge in [0.25, 0.3) is 11.7 Å². The standard InChI is InChI=1S/C19H17FN2O3/c20-14-7-5-13(6-8-14)16-12-15-4-1-2-10-22(15)17(16)18(24)19(25)21-9-3-11-23/h1-2,4-8,10,12,23H,3,9,11H2,(H,21,25). The highest BCUT2D eigenvalue weighted by atomic mass is 19.1. The van der Waals surface area contributed by atoms with Crippen LogP contribution in [0.1, 0.15) is 16.9 Å². The number of nitrogens with one attached hydrogen (secondary N) is 1. The predicted octanol–water partition coefficient (Wildman–Crippen LogP) is 2.43. The Morgan fingerprint density at radius 1 is 1.12 bits per heavy atom. The SMILES string of the molecule is O=C(NCCCO)C(=O)c1c(-c2ccc(F)cc2)cc2ccccn12. The molecule has 2 N–H and O–H groups in total. The molecule has 0 bridgehead atoms. The summed E-state index contributed by atoms with van der Waals surface area (Å²) in [4.78, 5) is 24.9. The van der Waals surface area contributed by atoms with Crippen molar-refractivity contribution in [3.05, 3.63) is 66.2 Å². The Kier molecular flexibility index (Phi) is 4.90. The molecule has 2 heterocycles. The van der Waals surface area contributed by atoms with Gasteiger partial charge in [-0.05, 0) is 42.3 Å². The third-order valence-electron chi connectivity index (χ3n) is 3.88. The summed E-state index contributed by atoms with van der Waals surface area (Å²) in [5, 5.41) is 11.3. The summed E-state index contributed by atoms with van der Waals surface area (Å²) in [6.07, 6.45) is 2.08. The number of hydrogen-bond donors (Lipinski definition) is 2. The average molecular weight is 340 g/mol. The van der Waals surface area contributed by atoms with Crippen molar-refractivity contribution in [3.63, 3.8) is 0 Å². The molecule has 1 amide bonds. The minimum absolute atomic E-state index is 0.0661. The van der Waals surface area contributed by atoms with E-state index in [1.165, 1.54) is 12.1 Å². The number of carbonyl (C=O) groups excluding carboxylic acids is 2. The van der Waals surface area contributed by atoms with Crippen LogP contribution >= 0.6 is 0 Å². The van der Waals surface area contributed by atoms with E-state index in [4.69, 9.17) is 5.11 Å². The Labute approximate surface area is 143 Å². The van der Waals surface area contributed by atoms with Gasteiger partial charge in [-0.3, -0.25) is 9.59 Å². The van der Waals surface area contributed by atoms with Crippen molar-refractivity contribution in [1.29, 1.82) is 0 Å². The number of fused-ring (bicyclic) bond motifs is 1. The highest BCUT2D eigenvalue weighted by molar-refractivity contribution is 6.43. The maximum atomic E-state index is 13.2. The number of aliphatic hydroxyl groups excluding tert-OH is 1. The molecule has 0 atom stereocenters. The lowest BCUT2D eigenvalue weighted by Gasteiger charge is -2.07. The molecule has 3 rings (SSSR count). The number of aromatic nitrogens is 1. The van der Waals surface area contributed by atoms with E-state index in [1.807, 2.05) is 12.1 Å². The maximum absolute atomic E-state index is 13.2. The molecule has 0 fully saturated rings. The highest BCUT2D eigenvalue weighted by Gasteiger charge is 2.24. The molecule has 0 aliphatic rings. The zero-order valence-corrected chi connectivity index (χ0v) is 13.4. The van der Waals surface area contributed by atoms with Gasteiger partial charge < -0.3 is 14.8 Å². The second-order valence-corrected chi connectivity index (χ2v) is 5.57. The molecule has 1 aromatic carbocycles. The number of Topliss-reactive ketones (excluding diaryl/α,β-unsaturated/α-hetero) is 1. The molecular formula is C19H17FN2O3. The van der Waals surface area contributed by atoms with Crippen LogP contribution in [-0.4, -0.2) is 34.3 Å². The topological polar surface area (TPSA) is 70.8 Å². The Morgan fingerprint density at radius 3 is 2.60 bits per heavy atom. The van der Waals surface area contributed by atoms with E-state index in [0.29, 0.717) is 17.5 Å². The van der Waals surface area contributed by atoms with Gasteiger partial charge in [0.05, 0.1) is 0 Å². The van der Waals surface area contributed by atoms with Gasteiger partial charge in [0.1, 0.15) is 11.5 Å². The average Bonchev–Trinajstić information content (AvgIpc) is 3.01. The van der Waals surface area contributed by atoms with E-state index in [1.54, 1.807) is 34.9 Å². The van der Waals surface area contributed by atoms with Crippen LogP contribution in [0.25, 0.3) is 16.6 Å². The van der Waals surface area contributed by atoms with E-state index in [9.17, 15) is 14.0 Å². The number of pyridine rings is 1. The summed E-state index contributed by atoms with van der Waals surface area (Å²) in [6.45, 7) is 0.152. The molecule has 0 saturated heterocycles. The summed E-state index contributed by atoms with van der Waals surface area (Å²) < 4.78 is 14.9. The molecule has 2 aromatic heterocycles. The van der Waals surface area contributed by atoms with Crippen molar-refractivity contribution in [2.24, 2.45) is 0 Å². The van der Waals surface area contributed by atoms with Crippen LogP contribution < -0.4 is 5.32 Å². The molecule has 0 spiro atoms. The van der Waals surface area contributed by atoms with Crippen LogP contribution in [0.3, 0.4) is 0 Å². The summed E-state index contributed by atoms with van der Waals surface area (Å²) in [5.74, 6) is -1.79. The van der Waals surface area contributed by atoms with Crippen molar-refractivity contribution in [3.8, 4) is 11.1 Å². The zero-order chi connectivity index (χ0) is 17.8. The highest BCUT2D eigenvalue weighted by Crippen LogP contribution is 2.28. The monoisotopic (exact) mass is 340 g/mol. The molecule has 0 aliphatic carbocycles. The Balaban J connectivity index is 2.06. The van der Waals surface area contributed by atoms with Gasteiger partial charge in [-0.1, -0.05) is 18.2 Å². The first-order valence-electron chi connectivity index (χ1n) is 7.91. The smallest absolute Gasteiger partial charge is 0.294 e. The summed E-state index contributed by atoms with van der Waals surface area (Å²) in [7, 11) is 0. The van der Waals surface area contributed by atoms with E-state index in [0.717, 1.165) is 5.52 Å². The van der Waals surface area contributed by atoms with Gasteiger partial charge in [-0.25, -0.2) is 4.39 Å². The summed E-state index contributed by atoms with van der Waals surface area (Å²) >= 11 is 0. The van der Waals surface area contributed by atoms with Crippen LogP contribution in [0.15, 0.2) is 54.7 Å². The van der Waals surface area contributed by atoms with Crippen molar-refractivity contribution < 1.29 is 19.1 Å². The van der Waals surface area contributed by atoms with Crippen molar-refractivity contribution in [2.45, 2.75) is 6.42 Å². The molecule has 3 aromatic rings. The molecule has 5 nitrogen and oxygen atoms in total. The molecule has 0 radical (unpaired) electrons. The lowest BCUT2D eigenvalue weighted by molar-refractivity contribution is -0.117. The normalized spacial score (nSPS) is 10.8. The van der Waals surface area contributed by atoms with Crippen LogP contribution in [0.5, 0.6) is 0 Å². The Hall–Kier alpha value is -2.99. The number of hydrogen-bond acceptors (Lipinski definition) is 3. The molecule has 0 unspecified atom stereocenters. The molecule has 0 aliphatic heterocycles. The van der Waals surface area contributed by atoms with E-state index in [2.05, 4.69) is 5.32 Å². The van der Waals surface area contributed by atoms with Crippen LogP contribution in [0.4, 0.5) is 4.39 Å². The zero-order valence-electron chi connectivity index (χ0n) is 13.4. The van der Waals surface area contributed by atoms with Gasteiger partial charge in [0, 0.05) is 30.4 Å². The number of halogens is 1. The van der Waals surface area contributed by atoms with Crippen molar-refractivity contribution >= 4 is 17.2 Å². The minimum Gasteiger partial charge on any atom is -0.396 e. The van der Waals surface area contributed by atoms with E-state index < -0.39 is 11.7 Å². The quantitative estimate of drug-likeness (QED) is 0.411. The maximum Gasteiger partial charge on any atom is 0.294 e. The van der Waals surface area contributed by atoms with Gasteiger partial charge in [-0.15, -0.1) is 0 Å². The number of carbonyl (C=O) groups is 2. The fraction of sp³-hybridized carbons (Fsp3) is 0.158. The van der Waals surface area contributed by atoms with Gasteiger partial charge >= 0.3 is 0 Å². The molecule has 6 heteroatoms. The molecule has 0 saturated carbocycles. The Bertz CT molecular complexity index is 916. The lowest BCUT2D eigenvalue weighted by atomic mass is 10.0. The van der Waals surface area contributed by atoms with Gasteiger partial charge in [-0.2, -0.15) is 0 Å². The number of ketones is 1. The van der Waals surface area contributed by atoms with Crippen LogP contribution in [0.2, 0.25) is 0 Å². The lowest BCUT2D eigenvalue weighted by Crippen LogP contribution is -2.33. The molecule has 128 valence electrons. The second-order valence-electron chi connectivity index (χ2n) is 5.57. The third kappa shape index (κ3) is 3.44. The number of aliphatic hydroxyl groups is 1. The fourth-order valence-corrected chi connectivity index (χ4v) is 2.67. The third-order valence-corrected chi connectivity index (χ3v) is 3.88. The summed E-state index contributed by atoms with van der Waals surface area (Å²) in [6, 6.07) is 13.0. The number of benzene rings is 1.